The Kier molecular flexibility index (Phi) is 5.36. The highest BCUT2D eigenvalue weighted by molar-refractivity contribution is 5.90. The van der Waals surface area contributed by atoms with Crippen LogP contribution >= 0.6 is 0 Å². The molecule has 22 heavy (non-hydrogen) atoms. The van der Waals surface area contributed by atoms with E-state index in [4.69, 9.17) is 0 Å². The normalized spacial score (nSPS) is 15.9. The zero-order valence-corrected chi connectivity index (χ0v) is 12.0. The summed E-state index contributed by atoms with van der Waals surface area (Å²) in [5.41, 5.74) is -2.04. The zero-order valence-electron chi connectivity index (χ0n) is 12.0. The summed E-state index contributed by atoms with van der Waals surface area (Å²) in [5.74, 6) is -7.99. The summed E-state index contributed by atoms with van der Waals surface area (Å²) in [5, 5.41) is 3.12. The Morgan fingerprint density at radius 3 is 2.14 bits per heavy atom. The van der Waals surface area contributed by atoms with Gasteiger partial charge in [-0.2, -0.15) is 0 Å². The summed E-state index contributed by atoms with van der Waals surface area (Å²) in [7, 11) is 0.870. The molecule has 8 heteroatoms. The first-order valence-electron chi connectivity index (χ1n) is 6.83. The second kappa shape index (κ2) is 7.06. The molecule has 1 saturated heterocycles. The second-order valence-corrected chi connectivity index (χ2v) is 4.94. The molecular weight excluding hydrogens is 304 g/mol. The highest BCUT2D eigenvalue weighted by atomic mass is 19.2. The van der Waals surface area contributed by atoms with Crippen molar-refractivity contribution in [1.29, 1.82) is 0 Å². The monoisotopic (exact) mass is 320 g/mol. The van der Waals surface area contributed by atoms with E-state index in [1.54, 1.807) is 0 Å². The van der Waals surface area contributed by atoms with Gasteiger partial charge in [-0.15, -0.1) is 0 Å². The van der Waals surface area contributed by atoms with E-state index in [1.807, 2.05) is 4.90 Å². The Morgan fingerprint density at radius 1 is 1.09 bits per heavy atom. The minimum absolute atomic E-state index is 0.188. The zero-order chi connectivity index (χ0) is 16.3. The Balaban J connectivity index is 2.26. The number of hydrogen-bond acceptors (Lipinski definition) is 4. The Hall–Kier alpha value is -1.67. The van der Waals surface area contributed by atoms with Gasteiger partial charge in [0.15, 0.2) is 23.3 Å². The molecule has 4 nitrogen and oxygen atoms in total. The summed E-state index contributed by atoms with van der Waals surface area (Å²) >= 11 is 0. The van der Waals surface area contributed by atoms with E-state index in [1.165, 1.54) is 0 Å². The minimum Gasteiger partial charge on any atom is -0.465 e. The molecule has 1 heterocycles. The van der Waals surface area contributed by atoms with Crippen LogP contribution in [0.15, 0.2) is 0 Å². The lowest BCUT2D eigenvalue weighted by atomic mass is 10.0. The number of ether oxygens (including phenoxy) is 1. The number of methoxy groups -OCH3 is 1. The predicted octanol–water partition coefficient (Wildman–Crippen LogP) is 1.48. The van der Waals surface area contributed by atoms with Crippen LogP contribution in [0, 0.1) is 23.3 Å². The summed E-state index contributed by atoms with van der Waals surface area (Å²) < 4.78 is 59.6. The molecule has 0 atom stereocenters. The number of benzene rings is 1. The number of esters is 1. The first-order chi connectivity index (χ1) is 10.5. The molecule has 1 aromatic rings. The Bertz CT molecular complexity index is 545. The van der Waals surface area contributed by atoms with Crippen LogP contribution in [0.2, 0.25) is 0 Å². The van der Waals surface area contributed by atoms with Crippen molar-refractivity contribution in [3.05, 3.63) is 34.4 Å². The van der Waals surface area contributed by atoms with Gasteiger partial charge in [0.2, 0.25) is 0 Å². The maximum absolute atomic E-state index is 13.9. The quantitative estimate of drug-likeness (QED) is 0.518. The van der Waals surface area contributed by atoms with Crippen molar-refractivity contribution in [2.24, 2.45) is 0 Å². The van der Waals surface area contributed by atoms with Crippen LogP contribution in [0.1, 0.15) is 15.9 Å². The van der Waals surface area contributed by atoms with Crippen molar-refractivity contribution in [3.8, 4) is 0 Å². The van der Waals surface area contributed by atoms with Gasteiger partial charge in [0.25, 0.3) is 0 Å². The van der Waals surface area contributed by atoms with E-state index in [2.05, 4.69) is 10.1 Å². The Morgan fingerprint density at radius 2 is 1.64 bits per heavy atom. The van der Waals surface area contributed by atoms with E-state index >= 15 is 0 Å². The molecule has 0 aliphatic carbocycles. The van der Waals surface area contributed by atoms with E-state index in [-0.39, 0.29) is 13.0 Å². The van der Waals surface area contributed by atoms with Gasteiger partial charge in [0.05, 0.1) is 7.11 Å². The standard InChI is InChI=1S/C14H16F4N2O2/c1-22-14(21)9-12(17)10(15)8(11(16)13(9)18)2-5-20-6-3-19-4-7-20/h19H,2-7H2,1H3. The number of nitrogens with one attached hydrogen (secondary N) is 1. The van der Waals surface area contributed by atoms with Crippen LogP contribution in [-0.4, -0.2) is 50.7 Å². The van der Waals surface area contributed by atoms with Crippen LogP contribution in [0.5, 0.6) is 0 Å². The lowest BCUT2D eigenvalue weighted by molar-refractivity contribution is 0.0586. The van der Waals surface area contributed by atoms with Gasteiger partial charge in [0.1, 0.15) is 5.56 Å². The van der Waals surface area contributed by atoms with E-state index in [0.29, 0.717) is 13.1 Å². The molecule has 0 bridgehead atoms. The highest BCUT2D eigenvalue weighted by Gasteiger charge is 2.29. The van der Waals surface area contributed by atoms with Crippen LogP contribution in [0.4, 0.5) is 17.6 Å². The topological polar surface area (TPSA) is 41.6 Å². The number of hydrogen-bond donors (Lipinski definition) is 1. The number of nitrogens with zero attached hydrogens (tertiary/aromatic N) is 1. The molecule has 0 radical (unpaired) electrons. The number of carbonyl (C=O) groups is 1. The van der Waals surface area contributed by atoms with Crippen molar-refractivity contribution < 1.29 is 27.1 Å². The molecule has 0 amide bonds. The maximum atomic E-state index is 13.9. The van der Waals surface area contributed by atoms with Gasteiger partial charge < -0.3 is 15.0 Å². The molecule has 1 N–H and O–H groups in total. The van der Waals surface area contributed by atoms with Crippen molar-refractivity contribution in [1.82, 2.24) is 10.2 Å². The van der Waals surface area contributed by atoms with Gasteiger partial charge in [-0.25, -0.2) is 22.4 Å². The summed E-state index contributed by atoms with van der Waals surface area (Å²) in [4.78, 5) is 13.2. The third-order valence-electron chi connectivity index (χ3n) is 3.63. The summed E-state index contributed by atoms with van der Waals surface area (Å²) in [6, 6.07) is 0. The lowest BCUT2D eigenvalue weighted by Gasteiger charge is -2.27. The molecule has 1 aliphatic rings. The minimum atomic E-state index is -1.72. The number of rotatable bonds is 4. The fourth-order valence-corrected chi connectivity index (χ4v) is 2.38. The predicted molar refractivity (Wildman–Crippen MR) is 70.6 cm³/mol. The van der Waals surface area contributed by atoms with E-state index in [9.17, 15) is 22.4 Å². The molecule has 1 aliphatic heterocycles. The fourth-order valence-electron chi connectivity index (χ4n) is 2.38. The molecule has 1 aromatic carbocycles. The van der Waals surface area contributed by atoms with Crippen molar-refractivity contribution >= 4 is 5.97 Å². The van der Waals surface area contributed by atoms with Crippen molar-refractivity contribution in [2.75, 3.05) is 39.8 Å². The first kappa shape index (κ1) is 16.7. The largest absolute Gasteiger partial charge is 0.465 e. The van der Waals surface area contributed by atoms with Gasteiger partial charge in [0, 0.05) is 38.3 Å². The fraction of sp³-hybridized carbons (Fsp3) is 0.500. The van der Waals surface area contributed by atoms with E-state index < -0.39 is 40.4 Å². The van der Waals surface area contributed by atoms with Crippen LogP contribution in [0.25, 0.3) is 0 Å². The number of halogens is 4. The maximum Gasteiger partial charge on any atom is 0.344 e. The van der Waals surface area contributed by atoms with Crippen molar-refractivity contribution in [2.45, 2.75) is 6.42 Å². The van der Waals surface area contributed by atoms with Gasteiger partial charge in [-0.3, -0.25) is 0 Å². The first-order valence-corrected chi connectivity index (χ1v) is 6.83. The summed E-state index contributed by atoms with van der Waals surface area (Å²) in [6.07, 6.45) is -0.188. The molecule has 2 rings (SSSR count). The molecule has 0 aromatic heterocycles. The van der Waals surface area contributed by atoms with Gasteiger partial charge in [-0.05, 0) is 6.42 Å². The van der Waals surface area contributed by atoms with Gasteiger partial charge in [-0.1, -0.05) is 0 Å². The van der Waals surface area contributed by atoms with Crippen LogP contribution in [-0.2, 0) is 11.2 Å². The SMILES string of the molecule is COC(=O)c1c(F)c(F)c(CCN2CCNCC2)c(F)c1F. The average molecular weight is 320 g/mol. The van der Waals surface area contributed by atoms with Crippen molar-refractivity contribution in [3.63, 3.8) is 0 Å². The Labute approximate surface area is 125 Å². The van der Waals surface area contributed by atoms with E-state index in [0.717, 1.165) is 20.2 Å². The highest BCUT2D eigenvalue weighted by Crippen LogP contribution is 2.25. The number of piperazine rings is 1. The second-order valence-electron chi connectivity index (χ2n) is 4.94. The molecular formula is C14H16F4N2O2. The molecule has 0 saturated carbocycles. The van der Waals surface area contributed by atoms with Crippen LogP contribution < -0.4 is 5.32 Å². The summed E-state index contributed by atoms with van der Waals surface area (Å²) in [6.45, 7) is 3.14. The average Bonchev–Trinajstić information content (AvgIpc) is 2.54. The smallest absolute Gasteiger partial charge is 0.344 e. The molecule has 122 valence electrons. The molecule has 0 spiro atoms. The third kappa shape index (κ3) is 3.22. The molecule has 0 unspecified atom stereocenters. The molecule has 1 fully saturated rings. The van der Waals surface area contributed by atoms with Gasteiger partial charge >= 0.3 is 5.97 Å². The number of carbonyl (C=O) groups excluding carboxylic acids is 1. The van der Waals surface area contributed by atoms with Crippen LogP contribution in [0.3, 0.4) is 0 Å². The third-order valence-corrected chi connectivity index (χ3v) is 3.63. The lowest BCUT2D eigenvalue weighted by Crippen LogP contribution is -2.44.